The molecule has 1 rings (SSSR count). The third-order valence-electron chi connectivity index (χ3n) is 11.1. The Kier molecular flexibility index (Phi) is 30.5. The minimum Gasteiger partial charge on any atom is -0.481 e. The number of carboxylic acid groups (broad SMARTS) is 1. The number of esters is 2. The number of carbonyl (C=O) groups is 7. The number of nitrogens with one attached hydrogen (secondary N) is 3. The third-order valence-corrected chi connectivity index (χ3v) is 11.1. The van der Waals surface area contributed by atoms with Gasteiger partial charge in [0.25, 0.3) is 0 Å². The van der Waals surface area contributed by atoms with Crippen LogP contribution in [0.2, 0.25) is 0 Å². The predicted octanol–water partition coefficient (Wildman–Crippen LogP) is 4.37. The van der Waals surface area contributed by atoms with Crippen molar-refractivity contribution in [2.24, 2.45) is 5.73 Å². The van der Waals surface area contributed by atoms with Gasteiger partial charge in [0.1, 0.15) is 55.3 Å². The maximum absolute atomic E-state index is 13.2. The van der Waals surface area contributed by atoms with Crippen LogP contribution in [0.15, 0.2) is 0 Å². The lowest BCUT2D eigenvalue weighted by Crippen LogP contribution is -2.66. The zero-order chi connectivity index (χ0) is 47.2. The first-order valence-corrected chi connectivity index (χ1v) is 23.4. The van der Waals surface area contributed by atoms with Gasteiger partial charge < -0.3 is 56.0 Å². The zero-order valence-corrected chi connectivity index (χ0v) is 38.6. The molecule has 1 saturated heterocycles. The van der Waals surface area contributed by atoms with Gasteiger partial charge in [-0.05, 0) is 39.5 Å². The summed E-state index contributed by atoms with van der Waals surface area (Å²) in [5.74, 6) is -5.58. The Morgan fingerprint density at radius 1 is 0.698 bits per heavy atom. The Labute approximate surface area is 374 Å². The summed E-state index contributed by atoms with van der Waals surface area (Å²) in [6, 6.07) is -3.94. The second-order valence-electron chi connectivity index (χ2n) is 16.8. The van der Waals surface area contributed by atoms with Crippen LogP contribution >= 0.6 is 0 Å². The summed E-state index contributed by atoms with van der Waals surface area (Å²) in [5.41, 5.74) is 5.28. The molecular weight excluding hydrogens is 821 g/mol. The van der Waals surface area contributed by atoms with Crippen LogP contribution in [0.25, 0.3) is 0 Å². The van der Waals surface area contributed by atoms with Crippen LogP contribution in [0.4, 0.5) is 0 Å². The van der Waals surface area contributed by atoms with E-state index < -0.39 is 104 Å². The Morgan fingerprint density at radius 3 is 1.76 bits per heavy atom. The highest BCUT2D eigenvalue weighted by atomic mass is 16.6. The number of aliphatic hydroxyl groups is 2. The standard InChI is InChI=1S/C45H80N4O14/c1-6-8-10-12-14-16-18-20-22-24-33(62-37(53)25-23-21-19-17-15-13-11-9-7-2)28-38(54)60-29-35-40(55)41(39(45(59)63-35)48-32(5)50)61-31(4)44(58)47-30(3)43(57)49-34(42(46)56)26-27-36(51)52/h30-31,33-35,39-41,45,55,59H,6-29H2,1-5H3,(H2,46,56)(H,47,58)(H,48,50)(H,49,57)(H,51,52)/t30-,31?,33+,34+,35+,39+,40+,41-,45?/m0/s1. The second-order valence-corrected chi connectivity index (χ2v) is 16.8. The largest absolute Gasteiger partial charge is 0.481 e. The second kappa shape index (κ2) is 33.6. The van der Waals surface area contributed by atoms with E-state index in [1.807, 2.05) is 0 Å². The molecule has 364 valence electrons. The lowest BCUT2D eigenvalue weighted by Gasteiger charge is -2.43. The van der Waals surface area contributed by atoms with Crippen molar-refractivity contribution in [1.82, 2.24) is 16.0 Å². The number of hydrogen-bond donors (Lipinski definition) is 7. The number of amides is 4. The average molecular weight is 901 g/mol. The van der Waals surface area contributed by atoms with Crippen molar-refractivity contribution >= 4 is 41.5 Å². The van der Waals surface area contributed by atoms with E-state index in [1.54, 1.807) is 0 Å². The number of hydrogen-bond acceptors (Lipinski definition) is 13. The summed E-state index contributed by atoms with van der Waals surface area (Å²) >= 11 is 0. The van der Waals surface area contributed by atoms with Gasteiger partial charge in [-0.2, -0.15) is 0 Å². The number of carbonyl (C=O) groups excluding carboxylic acids is 6. The molecule has 9 atom stereocenters. The highest BCUT2D eigenvalue weighted by molar-refractivity contribution is 5.92. The van der Waals surface area contributed by atoms with E-state index in [0.717, 1.165) is 51.9 Å². The summed E-state index contributed by atoms with van der Waals surface area (Å²) in [7, 11) is 0. The van der Waals surface area contributed by atoms with E-state index in [-0.39, 0.29) is 25.2 Å². The smallest absolute Gasteiger partial charge is 0.309 e. The Bertz CT molecular complexity index is 1370. The van der Waals surface area contributed by atoms with Crippen LogP contribution in [-0.2, 0) is 52.5 Å². The summed E-state index contributed by atoms with van der Waals surface area (Å²) in [6.07, 6.45) is 11.2. The van der Waals surface area contributed by atoms with Gasteiger partial charge in [0.05, 0.1) is 6.42 Å². The number of aliphatic carboxylic acids is 1. The number of rotatable bonds is 36. The van der Waals surface area contributed by atoms with Crippen molar-refractivity contribution in [3.8, 4) is 0 Å². The van der Waals surface area contributed by atoms with Crippen LogP contribution in [0, 0.1) is 0 Å². The van der Waals surface area contributed by atoms with Gasteiger partial charge in [-0.25, -0.2) is 0 Å². The molecule has 18 heteroatoms. The molecule has 0 aliphatic carbocycles. The van der Waals surface area contributed by atoms with Crippen molar-refractivity contribution in [2.45, 2.75) is 237 Å². The van der Waals surface area contributed by atoms with E-state index in [1.165, 1.54) is 78.1 Å². The van der Waals surface area contributed by atoms with Gasteiger partial charge in [-0.15, -0.1) is 0 Å². The summed E-state index contributed by atoms with van der Waals surface area (Å²) < 4.78 is 22.7. The summed E-state index contributed by atoms with van der Waals surface area (Å²) in [6.45, 7) is 7.57. The quantitative estimate of drug-likeness (QED) is 0.0340. The summed E-state index contributed by atoms with van der Waals surface area (Å²) in [4.78, 5) is 86.6. The lowest BCUT2D eigenvalue weighted by molar-refractivity contribution is -0.267. The number of primary amides is 1. The van der Waals surface area contributed by atoms with Crippen molar-refractivity contribution in [1.29, 1.82) is 0 Å². The average Bonchev–Trinajstić information content (AvgIpc) is 3.22. The monoisotopic (exact) mass is 901 g/mol. The van der Waals surface area contributed by atoms with Gasteiger partial charge in [0.2, 0.25) is 23.6 Å². The fourth-order valence-corrected chi connectivity index (χ4v) is 7.30. The lowest BCUT2D eigenvalue weighted by atomic mass is 9.96. The Hall–Kier alpha value is -3.87. The third kappa shape index (κ3) is 25.9. The maximum atomic E-state index is 13.2. The van der Waals surface area contributed by atoms with E-state index in [4.69, 9.17) is 29.8 Å². The first-order valence-electron chi connectivity index (χ1n) is 23.4. The van der Waals surface area contributed by atoms with Crippen LogP contribution in [0.1, 0.15) is 182 Å². The zero-order valence-electron chi connectivity index (χ0n) is 38.6. The van der Waals surface area contributed by atoms with E-state index >= 15 is 0 Å². The number of ether oxygens (including phenoxy) is 4. The highest BCUT2D eigenvalue weighted by Crippen LogP contribution is 2.25. The molecule has 0 aromatic heterocycles. The molecule has 1 aliphatic heterocycles. The van der Waals surface area contributed by atoms with E-state index in [0.29, 0.717) is 12.8 Å². The topological polar surface area (TPSA) is 279 Å². The molecule has 63 heavy (non-hydrogen) atoms. The van der Waals surface area contributed by atoms with Gasteiger partial charge in [0, 0.05) is 19.8 Å². The molecule has 2 unspecified atom stereocenters. The molecule has 0 aromatic rings. The number of aliphatic hydroxyl groups excluding tert-OH is 2. The molecule has 0 radical (unpaired) electrons. The molecule has 1 fully saturated rings. The minimum absolute atomic E-state index is 0.233. The van der Waals surface area contributed by atoms with Crippen LogP contribution in [0.3, 0.4) is 0 Å². The van der Waals surface area contributed by atoms with Crippen molar-refractivity contribution in [3.63, 3.8) is 0 Å². The van der Waals surface area contributed by atoms with Crippen molar-refractivity contribution in [3.05, 3.63) is 0 Å². The Balaban J connectivity index is 2.89. The predicted molar refractivity (Wildman–Crippen MR) is 234 cm³/mol. The molecule has 4 amide bonds. The molecule has 1 aliphatic rings. The number of carboxylic acids is 1. The normalized spacial score (nSPS) is 20.4. The first kappa shape index (κ1) is 57.1. The van der Waals surface area contributed by atoms with Crippen LogP contribution in [-0.4, -0.2) is 118 Å². The molecule has 8 N–H and O–H groups in total. The Morgan fingerprint density at radius 2 is 1.24 bits per heavy atom. The molecular formula is C45H80N4O14. The fraction of sp³-hybridized carbons (Fsp3) is 0.844. The van der Waals surface area contributed by atoms with E-state index in [9.17, 15) is 43.8 Å². The van der Waals surface area contributed by atoms with Gasteiger partial charge >= 0.3 is 17.9 Å². The van der Waals surface area contributed by atoms with Gasteiger partial charge in [-0.1, -0.05) is 117 Å². The number of unbranched alkanes of at least 4 members (excludes halogenated alkanes) is 16. The van der Waals surface area contributed by atoms with Crippen molar-refractivity contribution < 1.29 is 67.8 Å². The molecule has 0 spiro atoms. The molecule has 0 aromatic carbocycles. The van der Waals surface area contributed by atoms with Gasteiger partial charge in [-0.3, -0.25) is 33.6 Å². The molecule has 0 bridgehead atoms. The van der Waals surface area contributed by atoms with Crippen LogP contribution < -0.4 is 21.7 Å². The summed E-state index contributed by atoms with van der Waals surface area (Å²) in [5, 5.41) is 38.3. The fourth-order valence-electron chi connectivity index (χ4n) is 7.30. The van der Waals surface area contributed by atoms with Gasteiger partial charge in [0.15, 0.2) is 6.29 Å². The maximum Gasteiger partial charge on any atom is 0.309 e. The SMILES string of the molecule is CCCCCCCCCCCC(=O)O[C@H](CCCCCCCCCCC)CC(=O)OC[C@H]1OC(O)[C@H](NC(C)=O)[C@H](OC(C)C(=O)N[C@@H](C)C(=O)N[C@H](CCC(=O)O)C(N)=O)[C@@H]1O. The highest BCUT2D eigenvalue weighted by Gasteiger charge is 2.47. The molecule has 0 saturated carbocycles. The van der Waals surface area contributed by atoms with E-state index in [2.05, 4.69) is 29.8 Å². The molecule has 1 heterocycles. The van der Waals surface area contributed by atoms with Crippen molar-refractivity contribution in [2.75, 3.05) is 6.61 Å². The first-order chi connectivity index (χ1) is 30.0. The number of nitrogens with two attached hydrogens (primary N) is 1. The van der Waals surface area contributed by atoms with Crippen LogP contribution in [0.5, 0.6) is 0 Å². The minimum atomic E-state index is -1.77. The molecule has 18 nitrogen and oxygen atoms in total.